The molecule has 0 saturated heterocycles. The first kappa shape index (κ1) is 16.4. The fourth-order valence-electron chi connectivity index (χ4n) is 3.67. The monoisotopic (exact) mass is 332 g/mol. The Morgan fingerprint density at radius 2 is 2.04 bits per heavy atom. The van der Waals surface area contributed by atoms with E-state index in [-0.39, 0.29) is 17.9 Å². The van der Waals surface area contributed by atoms with Gasteiger partial charge in [-0.3, -0.25) is 4.79 Å². The Hall–Kier alpha value is -2.50. The molecule has 0 bridgehead atoms. The molecule has 0 radical (unpaired) electrons. The predicted molar refractivity (Wildman–Crippen MR) is 85.3 cm³/mol. The van der Waals surface area contributed by atoms with Crippen LogP contribution in [0.5, 0.6) is 11.5 Å². The zero-order valence-corrected chi connectivity index (χ0v) is 13.9. The second kappa shape index (κ2) is 5.85. The number of fused-ring (bicyclic) bond motifs is 1. The van der Waals surface area contributed by atoms with Crippen molar-refractivity contribution in [2.75, 3.05) is 7.11 Å². The molecule has 128 valence electrons. The minimum absolute atomic E-state index is 0.117. The molecule has 0 amide bonds. The first-order chi connectivity index (χ1) is 11.3. The first-order valence-corrected chi connectivity index (χ1v) is 7.83. The molecule has 1 atom stereocenters. The highest BCUT2D eigenvalue weighted by molar-refractivity contribution is 5.98. The average molecular weight is 332 g/mol. The second-order valence-electron chi connectivity index (χ2n) is 6.42. The number of aliphatic carboxylic acids is 1. The Balaban J connectivity index is 2.04. The number of allylic oxidation sites excluding steroid dienone is 2. The molecule has 1 heterocycles. The van der Waals surface area contributed by atoms with Crippen molar-refractivity contribution in [1.29, 1.82) is 0 Å². The molecule has 1 aliphatic heterocycles. The number of hydrogen-bond acceptors (Lipinski definition) is 5. The van der Waals surface area contributed by atoms with E-state index in [2.05, 4.69) is 0 Å². The van der Waals surface area contributed by atoms with Gasteiger partial charge < -0.3 is 19.7 Å². The third kappa shape index (κ3) is 2.42. The van der Waals surface area contributed by atoms with Crippen molar-refractivity contribution < 1.29 is 29.3 Å². The van der Waals surface area contributed by atoms with E-state index >= 15 is 0 Å². The lowest BCUT2D eigenvalue weighted by molar-refractivity contribution is -0.141. The molecule has 3 rings (SSSR count). The van der Waals surface area contributed by atoms with E-state index < -0.39 is 17.9 Å². The summed E-state index contributed by atoms with van der Waals surface area (Å²) in [6, 6.07) is 0. The summed E-state index contributed by atoms with van der Waals surface area (Å²) in [5.41, 5.74) is 4.14. The van der Waals surface area contributed by atoms with E-state index in [0.29, 0.717) is 36.1 Å². The van der Waals surface area contributed by atoms with Crippen LogP contribution in [-0.2, 0) is 22.6 Å². The van der Waals surface area contributed by atoms with Gasteiger partial charge in [0, 0.05) is 17.5 Å². The SMILES string of the molecule is COc1c(C)c2c(c(O)c1CC1=C(C)C[C@H](C(=O)O)C1)C(=O)OC2. The molecule has 0 fully saturated rings. The molecule has 0 aromatic heterocycles. The quantitative estimate of drug-likeness (QED) is 0.650. The van der Waals surface area contributed by atoms with Crippen molar-refractivity contribution in [2.45, 2.75) is 39.7 Å². The highest BCUT2D eigenvalue weighted by Crippen LogP contribution is 2.44. The first-order valence-electron chi connectivity index (χ1n) is 7.83. The maximum Gasteiger partial charge on any atom is 0.342 e. The van der Waals surface area contributed by atoms with Crippen LogP contribution in [-0.4, -0.2) is 29.3 Å². The molecule has 6 heteroatoms. The Kier molecular flexibility index (Phi) is 3.99. The third-order valence-corrected chi connectivity index (χ3v) is 5.04. The fraction of sp³-hybridized carbons (Fsp3) is 0.444. The summed E-state index contributed by atoms with van der Waals surface area (Å²) < 4.78 is 10.5. The number of carbonyl (C=O) groups is 2. The lowest BCUT2D eigenvalue weighted by Crippen LogP contribution is -2.10. The Bertz CT molecular complexity index is 774. The van der Waals surface area contributed by atoms with Gasteiger partial charge in [0.15, 0.2) is 0 Å². The van der Waals surface area contributed by atoms with Gasteiger partial charge in [-0.1, -0.05) is 11.1 Å². The Morgan fingerprint density at radius 3 is 2.62 bits per heavy atom. The van der Waals surface area contributed by atoms with Gasteiger partial charge in [0.05, 0.1) is 13.0 Å². The van der Waals surface area contributed by atoms with Crippen LogP contribution < -0.4 is 4.74 Å². The van der Waals surface area contributed by atoms with Gasteiger partial charge in [0.25, 0.3) is 0 Å². The van der Waals surface area contributed by atoms with Crippen LogP contribution in [0.15, 0.2) is 11.1 Å². The summed E-state index contributed by atoms with van der Waals surface area (Å²) in [4.78, 5) is 23.1. The third-order valence-electron chi connectivity index (χ3n) is 5.04. The van der Waals surface area contributed by atoms with Gasteiger partial charge in [-0.15, -0.1) is 0 Å². The standard InChI is InChI=1S/C18H20O6/c1-8-4-11(17(20)21)5-10(8)6-12-15(19)14-13(7-24-18(14)22)9(2)16(12)23-3/h11,19H,4-7H2,1-3H3,(H,20,21)/t11-/m0/s1. The van der Waals surface area contributed by atoms with E-state index in [1.807, 2.05) is 13.8 Å². The highest BCUT2D eigenvalue weighted by Gasteiger charge is 2.34. The van der Waals surface area contributed by atoms with Crippen molar-refractivity contribution in [2.24, 2.45) is 5.92 Å². The number of cyclic esters (lactones) is 1. The largest absolute Gasteiger partial charge is 0.507 e. The van der Waals surface area contributed by atoms with Crippen molar-refractivity contribution in [3.8, 4) is 11.5 Å². The summed E-state index contributed by atoms with van der Waals surface area (Å²) in [7, 11) is 1.52. The summed E-state index contributed by atoms with van der Waals surface area (Å²) in [5.74, 6) is -1.35. The molecular weight excluding hydrogens is 312 g/mol. The molecule has 0 unspecified atom stereocenters. The van der Waals surface area contributed by atoms with Crippen LogP contribution in [0, 0.1) is 12.8 Å². The van der Waals surface area contributed by atoms with Crippen LogP contribution in [0.4, 0.5) is 0 Å². The van der Waals surface area contributed by atoms with Crippen molar-refractivity contribution >= 4 is 11.9 Å². The summed E-state index contributed by atoms with van der Waals surface area (Å²) in [6.07, 6.45) is 1.33. The van der Waals surface area contributed by atoms with Crippen LogP contribution in [0.1, 0.15) is 46.8 Å². The van der Waals surface area contributed by atoms with E-state index in [1.54, 1.807) is 0 Å². The minimum atomic E-state index is -0.811. The van der Waals surface area contributed by atoms with Crippen molar-refractivity contribution in [3.63, 3.8) is 0 Å². The van der Waals surface area contributed by atoms with Gasteiger partial charge in [-0.2, -0.15) is 0 Å². The lowest BCUT2D eigenvalue weighted by Gasteiger charge is -2.17. The molecule has 1 aliphatic carbocycles. The van der Waals surface area contributed by atoms with Crippen molar-refractivity contribution in [1.82, 2.24) is 0 Å². The molecule has 0 saturated carbocycles. The van der Waals surface area contributed by atoms with Gasteiger partial charge in [0.1, 0.15) is 23.7 Å². The molecule has 0 spiro atoms. The summed E-state index contributed by atoms with van der Waals surface area (Å²) in [6.45, 7) is 3.88. The van der Waals surface area contributed by atoms with Crippen LogP contribution in [0.2, 0.25) is 0 Å². The average Bonchev–Trinajstić information content (AvgIpc) is 3.09. The number of hydrogen-bond donors (Lipinski definition) is 2. The lowest BCUT2D eigenvalue weighted by atomic mass is 9.92. The number of benzene rings is 1. The Labute approximate surface area is 139 Å². The highest BCUT2D eigenvalue weighted by atomic mass is 16.5. The summed E-state index contributed by atoms with van der Waals surface area (Å²) >= 11 is 0. The van der Waals surface area contributed by atoms with E-state index in [9.17, 15) is 19.8 Å². The number of methoxy groups -OCH3 is 1. The van der Waals surface area contributed by atoms with E-state index in [1.165, 1.54) is 7.11 Å². The van der Waals surface area contributed by atoms with Crippen LogP contribution in [0.25, 0.3) is 0 Å². The van der Waals surface area contributed by atoms with Gasteiger partial charge >= 0.3 is 11.9 Å². The van der Waals surface area contributed by atoms with Crippen molar-refractivity contribution in [3.05, 3.63) is 33.4 Å². The number of carbonyl (C=O) groups excluding carboxylic acids is 1. The molecule has 1 aromatic rings. The summed E-state index contributed by atoms with van der Waals surface area (Å²) in [5, 5.41) is 19.8. The molecule has 2 aliphatic rings. The number of rotatable bonds is 4. The number of phenolic OH excluding ortho intramolecular Hbond substituents is 1. The van der Waals surface area contributed by atoms with E-state index in [4.69, 9.17) is 9.47 Å². The second-order valence-corrected chi connectivity index (χ2v) is 6.42. The normalized spacial score (nSPS) is 19.5. The maximum absolute atomic E-state index is 11.9. The van der Waals surface area contributed by atoms with Gasteiger partial charge in [0.2, 0.25) is 0 Å². The number of carboxylic acid groups (broad SMARTS) is 1. The van der Waals surface area contributed by atoms with Crippen LogP contribution >= 0.6 is 0 Å². The number of carboxylic acids is 1. The topological polar surface area (TPSA) is 93.1 Å². The zero-order valence-electron chi connectivity index (χ0n) is 13.9. The van der Waals surface area contributed by atoms with Crippen LogP contribution in [0.3, 0.4) is 0 Å². The fourth-order valence-corrected chi connectivity index (χ4v) is 3.67. The number of ether oxygens (including phenoxy) is 2. The number of aromatic hydroxyl groups is 1. The smallest absolute Gasteiger partial charge is 0.342 e. The maximum atomic E-state index is 11.9. The number of esters is 1. The minimum Gasteiger partial charge on any atom is -0.507 e. The zero-order chi connectivity index (χ0) is 17.6. The van der Waals surface area contributed by atoms with Gasteiger partial charge in [-0.05, 0) is 32.3 Å². The van der Waals surface area contributed by atoms with Gasteiger partial charge in [-0.25, -0.2) is 4.79 Å². The predicted octanol–water partition coefficient (Wildman–Crippen LogP) is 2.73. The molecule has 24 heavy (non-hydrogen) atoms. The molecular formula is C18H20O6. The molecule has 2 N–H and O–H groups in total. The number of phenols is 1. The molecule has 6 nitrogen and oxygen atoms in total. The Morgan fingerprint density at radius 1 is 1.33 bits per heavy atom. The molecule has 1 aromatic carbocycles. The van der Waals surface area contributed by atoms with E-state index in [0.717, 1.165) is 16.7 Å².